The number of hydrogen-bond donors (Lipinski definition) is 3. The van der Waals surface area contributed by atoms with Crippen molar-refractivity contribution in [3.63, 3.8) is 0 Å². The van der Waals surface area contributed by atoms with Gasteiger partial charge >= 0.3 is 0 Å². The number of anilines is 1. The van der Waals surface area contributed by atoms with Crippen LogP contribution in [0.3, 0.4) is 0 Å². The highest BCUT2D eigenvalue weighted by Crippen LogP contribution is 2.32. The number of nitrogens with one attached hydrogen (secondary N) is 2. The molecule has 9 nitrogen and oxygen atoms in total. The summed E-state index contributed by atoms with van der Waals surface area (Å²) >= 11 is 0. The first-order chi connectivity index (χ1) is 14.8. The Labute approximate surface area is 174 Å². The number of rotatable bonds is 4. The standard InChI is InChI=1S/C21H24N8O/c22-11-15(17-13-24-5-6-25-17)16-12-26-20-18(14-1-3-23-4-2-14)27-21(28-19(16)20)29-7-9-30-10-8-29/h1-4,11-12,24,26H,5-10,13,22H2/b15-11-. The molecule has 0 unspecified atom stereocenters. The molecule has 0 radical (unpaired) electrons. The fourth-order valence-electron chi connectivity index (χ4n) is 3.88. The van der Waals surface area contributed by atoms with Crippen molar-refractivity contribution in [2.45, 2.75) is 0 Å². The molecule has 4 N–H and O–H groups in total. The van der Waals surface area contributed by atoms with Crippen molar-refractivity contribution in [2.75, 3.05) is 50.8 Å². The molecule has 5 heterocycles. The molecule has 0 saturated carbocycles. The van der Waals surface area contributed by atoms with E-state index in [-0.39, 0.29) is 0 Å². The number of aromatic nitrogens is 4. The van der Waals surface area contributed by atoms with Gasteiger partial charge in [-0.3, -0.25) is 9.98 Å². The zero-order chi connectivity index (χ0) is 20.3. The molecule has 0 bridgehead atoms. The lowest BCUT2D eigenvalue weighted by molar-refractivity contribution is 0.122. The van der Waals surface area contributed by atoms with E-state index in [1.807, 2.05) is 18.3 Å². The van der Waals surface area contributed by atoms with Crippen LogP contribution in [0.5, 0.6) is 0 Å². The van der Waals surface area contributed by atoms with Crippen LogP contribution in [0.2, 0.25) is 0 Å². The fourth-order valence-corrected chi connectivity index (χ4v) is 3.88. The van der Waals surface area contributed by atoms with Gasteiger partial charge in [-0.1, -0.05) is 0 Å². The number of nitrogens with two attached hydrogens (primary N) is 1. The Balaban J connectivity index is 1.69. The van der Waals surface area contributed by atoms with Crippen LogP contribution >= 0.6 is 0 Å². The zero-order valence-electron chi connectivity index (χ0n) is 16.6. The summed E-state index contributed by atoms with van der Waals surface area (Å²) in [5.41, 5.74) is 12.4. The zero-order valence-corrected chi connectivity index (χ0v) is 16.6. The van der Waals surface area contributed by atoms with Crippen LogP contribution in [0, 0.1) is 0 Å². The monoisotopic (exact) mass is 404 g/mol. The molecule has 0 amide bonds. The maximum absolute atomic E-state index is 6.05. The van der Waals surface area contributed by atoms with Gasteiger partial charge in [0.15, 0.2) is 0 Å². The van der Waals surface area contributed by atoms with Gasteiger partial charge in [-0.2, -0.15) is 0 Å². The highest BCUT2D eigenvalue weighted by Gasteiger charge is 2.22. The van der Waals surface area contributed by atoms with Crippen LogP contribution in [0.15, 0.2) is 41.9 Å². The largest absolute Gasteiger partial charge is 0.404 e. The number of nitrogens with zero attached hydrogens (tertiary/aromatic N) is 5. The third-order valence-electron chi connectivity index (χ3n) is 5.41. The van der Waals surface area contributed by atoms with Gasteiger partial charge in [0.05, 0.1) is 31.0 Å². The number of ether oxygens (including phenoxy) is 1. The minimum atomic E-state index is 0.669. The Morgan fingerprint density at radius 1 is 1.17 bits per heavy atom. The molecule has 2 aliphatic heterocycles. The molecule has 0 aromatic carbocycles. The molecule has 1 saturated heterocycles. The molecule has 30 heavy (non-hydrogen) atoms. The highest BCUT2D eigenvalue weighted by molar-refractivity contribution is 6.27. The number of aliphatic imine (C=N–C) groups is 1. The first-order valence-electron chi connectivity index (χ1n) is 10.1. The van der Waals surface area contributed by atoms with Crippen molar-refractivity contribution in [1.82, 2.24) is 25.3 Å². The van der Waals surface area contributed by atoms with Crippen LogP contribution in [0.1, 0.15) is 5.56 Å². The Bertz CT molecular complexity index is 1100. The van der Waals surface area contributed by atoms with E-state index in [1.54, 1.807) is 18.6 Å². The van der Waals surface area contributed by atoms with Crippen molar-refractivity contribution >= 4 is 28.3 Å². The fraction of sp³-hybridized carbons (Fsp3) is 0.333. The van der Waals surface area contributed by atoms with Crippen molar-refractivity contribution in [3.05, 3.63) is 42.5 Å². The van der Waals surface area contributed by atoms with Crippen molar-refractivity contribution in [3.8, 4) is 11.3 Å². The second kappa shape index (κ2) is 8.21. The van der Waals surface area contributed by atoms with Crippen molar-refractivity contribution in [1.29, 1.82) is 0 Å². The SMILES string of the molecule is N/C=C(\C1=NCCNC1)c1c[nH]c2c(-c3ccncc3)nc(N3CCOCC3)nc12. The third-order valence-corrected chi connectivity index (χ3v) is 5.41. The number of H-pyrrole nitrogens is 1. The summed E-state index contributed by atoms with van der Waals surface area (Å²) in [5.74, 6) is 0.693. The lowest BCUT2D eigenvalue weighted by atomic mass is 10.0. The summed E-state index contributed by atoms with van der Waals surface area (Å²) in [4.78, 5) is 24.2. The van der Waals surface area contributed by atoms with E-state index in [1.165, 1.54) is 0 Å². The van der Waals surface area contributed by atoms with E-state index in [4.69, 9.17) is 20.4 Å². The van der Waals surface area contributed by atoms with Gasteiger partial charge in [-0.25, -0.2) is 9.97 Å². The van der Waals surface area contributed by atoms with Crippen LogP contribution in [-0.4, -0.2) is 71.6 Å². The summed E-state index contributed by atoms with van der Waals surface area (Å²) in [5, 5.41) is 3.36. The van der Waals surface area contributed by atoms with Gasteiger partial charge in [0, 0.05) is 67.7 Å². The minimum Gasteiger partial charge on any atom is -0.404 e. The molecule has 1 fully saturated rings. The topological polar surface area (TPSA) is 117 Å². The number of hydrogen-bond acceptors (Lipinski definition) is 8. The van der Waals surface area contributed by atoms with Gasteiger partial charge < -0.3 is 25.7 Å². The second-order valence-corrected chi connectivity index (χ2v) is 7.22. The number of fused-ring (bicyclic) bond motifs is 1. The van der Waals surface area contributed by atoms with E-state index in [2.05, 4.69) is 25.2 Å². The number of morpholine rings is 1. The minimum absolute atomic E-state index is 0.669. The van der Waals surface area contributed by atoms with Gasteiger partial charge in [0.1, 0.15) is 11.2 Å². The lowest BCUT2D eigenvalue weighted by Crippen LogP contribution is -2.37. The average Bonchev–Trinajstić information content (AvgIpc) is 3.25. The average molecular weight is 404 g/mol. The molecule has 0 atom stereocenters. The summed E-state index contributed by atoms with van der Waals surface area (Å²) in [6.07, 6.45) is 7.12. The van der Waals surface area contributed by atoms with Gasteiger partial charge in [-0.05, 0) is 12.1 Å². The Kier molecular flexibility index (Phi) is 5.12. The van der Waals surface area contributed by atoms with Crippen LogP contribution in [-0.2, 0) is 4.74 Å². The predicted molar refractivity (Wildman–Crippen MR) is 117 cm³/mol. The molecule has 0 spiro atoms. The normalized spacial score (nSPS) is 17.9. The third kappa shape index (κ3) is 3.42. The van der Waals surface area contributed by atoms with Crippen LogP contribution in [0.25, 0.3) is 27.9 Å². The molecule has 3 aromatic heterocycles. The summed E-state index contributed by atoms with van der Waals surface area (Å²) in [6, 6.07) is 3.92. The van der Waals surface area contributed by atoms with Gasteiger partial charge in [0.2, 0.25) is 5.95 Å². The quantitative estimate of drug-likeness (QED) is 0.598. The molecule has 9 heteroatoms. The maximum Gasteiger partial charge on any atom is 0.226 e. The van der Waals surface area contributed by atoms with Crippen molar-refractivity contribution in [2.24, 2.45) is 10.7 Å². The van der Waals surface area contributed by atoms with Crippen LogP contribution < -0.4 is 16.0 Å². The van der Waals surface area contributed by atoms with E-state index < -0.39 is 0 Å². The van der Waals surface area contributed by atoms with Crippen LogP contribution in [0.4, 0.5) is 5.95 Å². The smallest absolute Gasteiger partial charge is 0.226 e. The predicted octanol–water partition coefficient (Wildman–Crippen LogP) is 1.20. The van der Waals surface area contributed by atoms with E-state index >= 15 is 0 Å². The number of aromatic amines is 1. The molecule has 0 aliphatic carbocycles. The molecular formula is C21H24N8O. The summed E-state index contributed by atoms with van der Waals surface area (Å²) in [7, 11) is 0. The highest BCUT2D eigenvalue weighted by atomic mass is 16.5. The first kappa shape index (κ1) is 18.7. The molecule has 2 aliphatic rings. The number of pyridine rings is 1. The Morgan fingerprint density at radius 2 is 2.00 bits per heavy atom. The van der Waals surface area contributed by atoms with Gasteiger partial charge in [0.25, 0.3) is 0 Å². The first-order valence-corrected chi connectivity index (χ1v) is 10.1. The molecule has 3 aromatic rings. The maximum atomic E-state index is 6.05. The van der Waals surface area contributed by atoms with E-state index in [0.29, 0.717) is 25.7 Å². The second-order valence-electron chi connectivity index (χ2n) is 7.22. The van der Waals surface area contributed by atoms with Crippen molar-refractivity contribution < 1.29 is 4.74 Å². The molecule has 5 rings (SSSR count). The van der Waals surface area contributed by atoms with E-state index in [0.717, 1.165) is 65.3 Å². The van der Waals surface area contributed by atoms with Gasteiger partial charge in [-0.15, -0.1) is 0 Å². The summed E-state index contributed by atoms with van der Waals surface area (Å²) < 4.78 is 5.51. The molecular weight excluding hydrogens is 380 g/mol. The summed E-state index contributed by atoms with van der Waals surface area (Å²) in [6.45, 7) is 5.17. The van der Waals surface area contributed by atoms with E-state index in [9.17, 15) is 0 Å². The lowest BCUT2D eigenvalue weighted by Gasteiger charge is -2.27. The molecule has 154 valence electrons. The Morgan fingerprint density at radius 3 is 2.73 bits per heavy atom. The Hall–Kier alpha value is -3.30.